The Morgan fingerprint density at radius 3 is 2.38 bits per heavy atom. The van der Waals surface area contributed by atoms with E-state index in [1.807, 2.05) is 4.90 Å². The SMILES string of the molecule is CC(=O)NCCN(CC1CCC(C)(C)CC1)C(C)C(=O)O. The smallest absolute Gasteiger partial charge is 0.320 e. The van der Waals surface area contributed by atoms with Gasteiger partial charge in [-0.25, -0.2) is 0 Å². The van der Waals surface area contributed by atoms with Gasteiger partial charge in [-0.2, -0.15) is 0 Å². The van der Waals surface area contributed by atoms with Gasteiger partial charge in [-0.15, -0.1) is 0 Å². The normalized spacial score (nSPS) is 20.2. The molecular formula is C16H30N2O3. The van der Waals surface area contributed by atoms with Crippen LogP contribution >= 0.6 is 0 Å². The van der Waals surface area contributed by atoms with Crippen molar-refractivity contribution in [2.75, 3.05) is 19.6 Å². The predicted octanol–water partition coefficient (Wildman–Crippen LogP) is 2.11. The number of carbonyl (C=O) groups is 2. The molecule has 1 aliphatic carbocycles. The summed E-state index contributed by atoms with van der Waals surface area (Å²) in [5.41, 5.74) is 0.427. The Morgan fingerprint density at radius 1 is 1.33 bits per heavy atom. The molecule has 0 aromatic heterocycles. The van der Waals surface area contributed by atoms with Gasteiger partial charge in [0.2, 0.25) is 5.91 Å². The lowest BCUT2D eigenvalue weighted by Gasteiger charge is -2.37. The van der Waals surface area contributed by atoms with Gasteiger partial charge in [-0.05, 0) is 43.9 Å². The number of carbonyl (C=O) groups excluding carboxylic acids is 1. The molecule has 0 aliphatic heterocycles. The second kappa shape index (κ2) is 7.78. The van der Waals surface area contributed by atoms with Crippen molar-refractivity contribution in [1.29, 1.82) is 0 Å². The summed E-state index contributed by atoms with van der Waals surface area (Å²) < 4.78 is 0. The highest BCUT2D eigenvalue weighted by molar-refractivity contribution is 5.73. The average Bonchev–Trinajstić information content (AvgIpc) is 2.38. The highest BCUT2D eigenvalue weighted by Crippen LogP contribution is 2.38. The Labute approximate surface area is 128 Å². The van der Waals surface area contributed by atoms with Crippen molar-refractivity contribution >= 4 is 11.9 Å². The summed E-state index contributed by atoms with van der Waals surface area (Å²) in [6.45, 7) is 9.72. The molecule has 1 atom stereocenters. The Kier molecular flexibility index (Phi) is 6.65. The molecule has 1 fully saturated rings. The molecule has 1 rings (SSSR count). The number of hydrogen-bond acceptors (Lipinski definition) is 3. The molecule has 0 saturated heterocycles. The number of carboxylic acid groups (broad SMARTS) is 1. The van der Waals surface area contributed by atoms with E-state index in [9.17, 15) is 14.7 Å². The van der Waals surface area contributed by atoms with Gasteiger partial charge in [-0.1, -0.05) is 13.8 Å². The highest BCUT2D eigenvalue weighted by Gasteiger charge is 2.30. The van der Waals surface area contributed by atoms with Gasteiger partial charge in [-0.3, -0.25) is 14.5 Å². The van der Waals surface area contributed by atoms with E-state index in [-0.39, 0.29) is 5.91 Å². The van der Waals surface area contributed by atoms with E-state index >= 15 is 0 Å². The van der Waals surface area contributed by atoms with E-state index in [1.54, 1.807) is 6.92 Å². The molecule has 122 valence electrons. The molecule has 5 nitrogen and oxygen atoms in total. The fraction of sp³-hybridized carbons (Fsp3) is 0.875. The Bertz CT molecular complexity index is 359. The fourth-order valence-electron chi connectivity index (χ4n) is 2.95. The van der Waals surface area contributed by atoms with Crippen LogP contribution in [0.15, 0.2) is 0 Å². The number of amides is 1. The number of hydrogen-bond donors (Lipinski definition) is 2. The second-order valence-corrected chi connectivity index (χ2v) is 7.10. The maximum atomic E-state index is 11.3. The van der Waals surface area contributed by atoms with E-state index in [0.717, 1.165) is 19.4 Å². The molecule has 5 heteroatoms. The lowest BCUT2D eigenvalue weighted by molar-refractivity contribution is -0.142. The third-order valence-corrected chi connectivity index (χ3v) is 4.63. The van der Waals surface area contributed by atoms with E-state index in [4.69, 9.17) is 0 Å². The zero-order chi connectivity index (χ0) is 16.0. The van der Waals surface area contributed by atoms with Crippen LogP contribution in [0.25, 0.3) is 0 Å². The van der Waals surface area contributed by atoms with Crippen LogP contribution in [0.2, 0.25) is 0 Å². The summed E-state index contributed by atoms with van der Waals surface area (Å²) in [6, 6.07) is -0.506. The van der Waals surface area contributed by atoms with Crippen LogP contribution in [0, 0.1) is 11.3 Å². The van der Waals surface area contributed by atoms with Crippen molar-refractivity contribution in [2.24, 2.45) is 11.3 Å². The minimum absolute atomic E-state index is 0.0719. The fourth-order valence-corrected chi connectivity index (χ4v) is 2.95. The quantitative estimate of drug-likeness (QED) is 0.755. The van der Waals surface area contributed by atoms with E-state index < -0.39 is 12.0 Å². The van der Waals surface area contributed by atoms with Crippen LogP contribution < -0.4 is 5.32 Å². The Balaban J connectivity index is 2.52. The molecule has 21 heavy (non-hydrogen) atoms. The zero-order valence-corrected chi connectivity index (χ0v) is 13.8. The first-order chi connectivity index (χ1) is 9.71. The number of rotatable bonds is 7. The number of aliphatic carboxylic acids is 1. The summed E-state index contributed by atoms with van der Waals surface area (Å²) in [7, 11) is 0. The second-order valence-electron chi connectivity index (χ2n) is 7.10. The maximum absolute atomic E-state index is 11.3. The van der Waals surface area contributed by atoms with Crippen molar-refractivity contribution in [3.05, 3.63) is 0 Å². The van der Waals surface area contributed by atoms with Gasteiger partial charge in [0.15, 0.2) is 0 Å². The van der Waals surface area contributed by atoms with Gasteiger partial charge in [0.05, 0.1) is 0 Å². The van der Waals surface area contributed by atoms with Crippen LogP contribution in [0.1, 0.15) is 53.4 Å². The standard InChI is InChI=1S/C16H30N2O3/c1-12(15(20)21)18(10-9-17-13(2)19)11-14-5-7-16(3,4)8-6-14/h12,14H,5-11H2,1-4H3,(H,17,19)(H,20,21). The minimum Gasteiger partial charge on any atom is -0.480 e. The van der Waals surface area contributed by atoms with Gasteiger partial charge >= 0.3 is 5.97 Å². The molecule has 2 N–H and O–H groups in total. The van der Waals surface area contributed by atoms with E-state index in [0.29, 0.717) is 24.4 Å². The Hall–Kier alpha value is -1.10. The van der Waals surface area contributed by atoms with Crippen molar-refractivity contribution in [1.82, 2.24) is 10.2 Å². The largest absolute Gasteiger partial charge is 0.480 e. The molecule has 0 bridgehead atoms. The van der Waals surface area contributed by atoms with Gasteiger partial charge in [0, 0.05) is 26.6 Å². The molecule has 0 radical (unpaired) electrons. The number of nitrogens with one attached hydrogen (secondary N) is 1. The first-order valence-electron chi connectivity index (χ1n) is 7.92. The molecule has 1 amide bonds. The van der Waals surface area contributed by atoms with Crippen LogP contribution in [-0.4, -0.2) is 47.6 Å². The Morgan fingerprint density at radius 2 is 1.90 bits per heavy atom. The van der Waals surface area contributed by atoms with Gasteiger partial charge in [0.1, 0.15) is 6.04 Å². The molecule has 0 spiro atoms. The molecule has 0 aromatic carbocycles. The van der Waals surface area contributed by atoms with Gasteiger partial charge < -0.3 is 10.4 Å². The minimum atomic E-state index is -0.797. The van der Waals surface area contributed by atoms with Crippen LogP contribution in [0.4, 0.5) is 0 Å². The topological polar surface area (TPSA) is 69.6 Å². The summed E-state index contributed by atoms with van der Waals surface area (Å²) in [5.74, 6) is -0.302. The summed E-state index contributed by atoms with van der Waals surface area (Å²) in [5, 5.41) is 12.0. The molecule has 1 saturated carbocycles. The van der Waals surface area contributed by atoms with Gasteiger partial charge in [0.25, 0.3) is 0 Å². The number of carboxylic acids is 1. The predicted molar refractivity (Wildman–Crippen MR) is 83.1 cm³/mol. The van der Waals surface area contributed by atoms with Crippen LogP contribution in [-0.2, 0) is 9.59 Å². The molecule has 0 aromatic rings. The summed E-state index contributed by atoms with van der Waals surface area (Å²) in [4.78, 5) is 24.2. The first kappa shape index (κ1) is 18.0. The van der Waals surface area contributed by atoms with Crippen LogP contribution in [0.3, 0.4) is 0 Å². The molecular weight excluding hydrogens is 268 g/mol. The zero-order valence-electron chi connectivity index (χ0n) is 13.8. The molecule has 0 heterocycles. The lowest BCUT2D eigenvalue weighted by atomic mass is 9.73. The summed E-state index contributed by atoms with van der Waals surface area (Å²) in [6.07, 6.45) is 4.74. The van der Waals surface area contributed by atoms with Crippen LogP contribution in [0.5, 0.6) is 0 Å². The van der Waals surface area contributed by atoms with Crippen molar-refractivity contribution in [3.63, 3.8) is 0 Å². The van der Waals surface area contributed by atoms with E-state index in [1.165, 1.54) is 19.8 Å². The first-order valence-corrected chi connectivity index (χ1v) is 7.92. The van der Waals surface area contributed by atoms with Crippen molar-refractivity contribution in [3.8, 4) is 0 Å². The number of nitrogens with zero attached hydrogens (tertiary/aromatic N) is 1. The van der Waals surface area contributed by atoms with Crippen molar-refractivity contribution in [2.45, 2.75) is 59.4 Å². The molecule has 1 unspecified atom stereocenters. The maximum Gasteiger partial charge on any atom is 0.320 e. The van der Waals surface area contributed by atoms with Crippen molar-refractivity contribution < 1.29 is 14.7 Å². The third kappa shape index (κ3) is 6.46. The third-order valence-electron chi connectivity index (χ3n) is 4.63. The summed E-state index contributed by atoms with van der Waals surface area (Å²) >= 11 is 0. The molecule has 1 aliphatic rings. The monoisotopic (exact) mass is 298 g/mol. The average molecular weight is 298 g/mol. The lowest BCUT2D eigenvalue weighted by Crippen LogP contribution is -2.46. The highest BCUT2D eigenvalue weighted by atomic mass is 16.4. The van der Waals surface area contributed by atoms with E-state index in [2.05, 4.69) is 19.2 Å².